The van der Waals surface area contributed by atoms with E-state index in [-0.39, 0.29) is 11.8 Å². The summed E-state index contributed by atoms with van der Waals surface area (Å²) >= 11 is 0. The Balaban J connectivity index is 1.92. The number of amides is 2. The van der Waals surface area contributed by atoms with Crippen molar-refractivity contribution in [1.29, 1.82) is 0 Å². The van der Waals surface area contributed by atoms with Crippen LogP contribution in [0.15, 0.2) is 48.8 Å². The molecule has 0 aliphatic rings. The van der Waals surface area contributed by atoms with E-state index < -0.39 is 0 Å². The largest absolute Gasteiger partial charge is 0.334 e. The first-order valence-electron chi connectivity index (χ1n) is 6.85. The normalized spacial score (nSPS) is 10.2. The lowest BCUT2D eigenvalue weighted by atomic mass is 10.2. The summed E-state index contributed by atoms with van der Waals surface area (Å²) in [4.78, 5) is 17.8. The van der Waals surface area contributed by atoms with Gasteiger partial charge in [0.15, 0.2) is 0 Å². The van der Waals surface area contributed by atoms with E-state index in [1.807, 2.05) is 19.1 Å². The molecule has 1 aromatic heterocycles. The van der Waals surface area contributed by atoms with Gasteiger partial charge in [0.1, 0.15) is 5.82 Å². The van der Waals surface area contributed by atoms with Crippen molar-refractivity contribution < 1.29 is 9.18 Å². The second-order valence-corrected chi connectivity index (χ2v) is 4.66. The molecule has 0 aliphatic heterocycles. The zero-order valence-corrected chi connectivity index (χ0v) is 11.9. The molecule has 2 rings (SSSR count). The fourth-order valence-electron chi connectivity index (χ4n) is 1.98. The Morgan fingerprint density at radius 2 is 2.10 bits per heavy atom. The zero-order valence-electron chi connectivity index (χ0n) is 11.9. The second kappa shape index (κ2) is 7.38. The van der Waals surface area contributed by atoms with Crippen molar-refractivity contribution >= 4 is 6.03 Å². The highest BCUT2D eigenvalue weighted by Crippen LogP contribution is 2.07. The molecule has 0 fully saturated rings. The van der Waals surface area contributed by atoms with Gasteiger partial charge in [-0.25, -0.2) is 9.18 Å². The van der Waals surface area contributed by atoms with Crippen LogP contribution in [0, 0.1) is 5.82 Å². The van der Waals surface area contributed by atoms with Crippen molar-refractivity contribution in [1.82, 2.24) is 15.2 Å². The summed E-state index contributed by atoms with van der Waals surface area (Å²) < 4.78 is 13.2. The third kappa shape index (κ3) is 4.56. The summed E-state index contributed by atoms with van der Waals surface area (Å²) in [5.41, 5.74) is 1.71. The maximum absolute atomic E-state index is 13.2. The number of pyridine rings is 1. The zero-order chi connectivity index (χ0) is 15.1. The standard InChI is InChI=1S/C16H18FN3O/c1-2-20(12-13-5-3-7-15(17)9-13)16(21)19-11-14-6-4-8-18-10-14/h3-10H,2,11-12H2,1H3,(H,19,21). The monoisotopic (exact) mass is 287 g/mol. The van der Waals surface area contributed by atoms with E-state index in [1.54, 1.807) is 29.4 Å². The summed E-state index contributed by atoms with van der Waals surface area (Å²) in [5.74, 6) is -0.292. The van der Waals surface area contributed by atoms with Crippen molar-refractivity contribution in [3.8, 4) is 0 Å². The first-order chi connectivity index (χ1) is 10.2. The predicted molar refractivity (Wildman–Crippen MR) is 79.0 cm³/mol. The molecule has 0 saturated carbocycles. The van der Waals surface area contributed by atoms with E-state index in [0.29, 0.717) is 19.6 Å². The Labute approximate surface area is 123 Å². The van der Waals surface area contributed by atoms with Crippen LogP contribution in [-0.4, -0.2) is 22.5 Å². The lowest BCUT2D eigenvalue weighted by molar-refractivity contribution is 0.197. The Morgan fingerprint density at radius 3 is 2.76 bits per heavy atom. The van der Waals surface area contributed by atoms with Crippen molar-refractivity contribution in [2.75, 3.05) is 6.54 Å². The van der Waals surface area contributed by atoms with Crippen LogP contribution in [0.25, 0.3) is 0 Å². The summed E-state index contributed by atoms with van der Waals surface area (Å²) in [6.07, 6.45) is 3.40. The van der Waals surface area contributed by atoms with Crippen molar-refractivity contribution in [2.24, 2.45) is 0 Å². The molecule has 0 bridgehead atoms. The molecule has 4 nitrogen and oxygen atoms in total. The SMILES string of the molecule is CCN(Cc1cccc(F)c1)C(=O)NCc1cccnc1. The van der Waals surface area contributed by atoms with Gasteiger partial charge in [0.25, 0.3) is 0 Å². The minimum absolute atomic E-state index is 0.175. The van der Waals surface area contributed by atoms with E-state index >= 15 is 0 Å². The van der Waals surface area contributed by atoms with Crippen LogP contribution in [-0.2, 0) is 13.1 Å². The fraction of sp³-hybridized carbons (Fsp3) is 0.250. The van der Waals surface area contributed by atoms with Gasteiger partial charge in [-0.3, -0.25) is 4.98 Å². The van der Waals surface area contributed by atoms with Gasteiger partial charge in [-0.2, -0.15) is 0 Å². The van der Waals surface area contributed by atoms with E-state index in [4.69, 9.17) is 0 Å². The highest BCUT2D eigenvalue weighted by atomic mass is 19.1. The number of halogens is 1. The van der Waals surface area contributed by atoms with Gasteiger partial charge in [-0.05, 0) is 36.2 Å². The molecule has 0 atom stereocenters. The number of aromatic nitrogens is 1. The molecule has 0 aliphatic carbocycles. The van der Waals surface area contributed by atoms with Gasteiger partial charge in [-0.15, -0.1) is 0 Å². The average molecular weight is 287 g/mol. The van der Waals surface area contributed by atoms with Crippen molar-refractivity contribution in [3.05, 3.63) is 65.7 Å². The highest BCUT2D eigenvalue weighted by Gasteiger charge is 2.11. The molecule has 0 radical (unpaired) electrons. The number of carbonyl (C=O) groups is 1. The lowest BCUT2D eigenvalue weighted by Crippen LogP contribution is -2.39. The number of nitrogens with zero attached hydrogens (tertiary/aromatic N) is 2. The molecule has 1 N–H and O–H groups in total. The van der Waals surface area contributed by atoms with Crippen LogP contribution >= 0.6 is 0 Å². The number of benzene rings is 1. The molecule has 110 valence electrons. The summed E-state index contributed by atoms with van der Waals surface area (Å²) in [7, 11) is 0. The van der Waals surface area contributed by atoms with Gasteiger partial charge < -0.3 is 10.2 Å². The van der Waals surface area contributed by atoms with E-state index in [1.165, 1.54) is 12.1 Å². The van der Waals surface area contributed by atoms with Gasteiger partial charge in [0, 0.05) is 32.0 Å². The predicted octanol–water partition coefficient (Wildman–Crippen LogP) is 2.95. The second-order valence-electron chi connectivity index (χ2n) is 4.66. The summed E-state index contributed by atoms with van der Waals surface area (Å²) in [6.45, 7) is 3.25. The number of rotatable bonds is 5. The van der Waals surface area contributed by atoms with Crippen LogP contribution in [0.2, 0.25) is 0 Å². The van der Waals surface area contributed by atoms with Crippen LogP contribution in [0.1, 0.15) is 18.1 Å². The topological polar surface area (TPSA) is 45.2 Å². The summed E-state index contributed by atoms with van der Waals surface area (Å²) in [5, 5.41) is 2.84. The molecule has 21 heavy (non-hydrogen) atoms. The van der Waals surface area contributed by atoms with Crippen LogP contribution in [0.4, 0.5) is 9.18 Å². The van der Waals surface area contributed by atoms with E-state index in [0.717, 1.165) is 11.1 Å². The first-order valence-corrected chi connectivity index (χ1v) is 6.85. The molecule has 1 heterocycles. The molecule has 0 saturated heterocycles. The maximum Gasteiger partial charge on any atom is 0.317 e. The van der Waals surface area contributed by atoms with Crippen molar-refractivity contribution in [3.63, 3.8) is 0 Å². The Morgan fingerprint density at radius 1 is 1.29 bits per heavy atom. The number of urea groups is 1. The minimum atomic E-state index is -0.292. The number of hydrogen-bond donors (Lipinski definition) is 1. The van der Waals surface area contributed by atoms with Gasteiger partial charge in [0.2, 0.25) is 0 Å². The molecule has 2 aromatic rings. The molecule has 0 spiro atoms. The average Bonchev–Trinajstić information content (AvgIpc) is 2.51. The van der Waals surface area contributed by atoms with Crippen LogP contribution < -0.4 is 5.32 Å². The van der Waals surface area contributed by atoms with E-state index in [2.05, 4.69) is 10.3 Å². The molecule has 5 heteroatoms. The smallest absolute Gasteiger partial charge is 0.317 e. The Kier molecular flexibility index (Phi) is 5.26. The Hall–Kier alpha value is -2.43. The van der Waals surface area contributed by atoms with E-state index in [9.17, 15) is 9.18 Å². The van der Waals surface area contributed by atoms with Crippen molar-refractivity contribution in [2.45, 2.75) is 20.0 Å². The third-order valence-corrected chi connectivity index (χ3v) is 3.10. The first kappa shape index (κ1) is 15.0. The molecule has 2 amide bonds. The summed E-state index contributed by atoms with van der Waals surface area (Å²) in [6, 6.07) is 9.83. The quantitative estimate of drug-likeness (QED) is 0.919. The molecular weight excluding hydrogens is 269 g/mol. The maximum atomic E-state index is 13.2. The molecular formula is C16H18FN3O. The lowest BCUT2D eigenvalue weighted by Gasteiger charge is -2.21. The fourth-order valence-corrected chi connectivity index (χ4v) is 1.98. The van der Waals surface area contributed by atoms with Gasteiger partial charge in [0.05, 0.1) is 0 Å². The Bertz CT molecular complexity index is 589. The molecule has 1 aromatic carbocycles. The van der Waals surface area contributed by atoms with Crippen LogP contribution in [0.5, 0.6) is 0 Å². The molecule has 0 unspecified atom stereocenters. The van der Waals surface area contributed by atoms with Gasteiger partial charge >= 0.3 is 6.03 Å². The number of hydrogen-bond acceptors (Lipinski definition) is 2. The number of nitrogens with one attached hydrogen (secondary N) is 1. The number of carbonyl (C=O) groups excluding carboxylic acids is 1. The third-order valence-electron chi connectivity index (χ3n) is 3.10. The van der Waals surface area contributed by atoms with Crippen LogP contribution in [0.3, 0.4) is 0 Å². The van der Waals surface area contributed by atoms with Gasteiger partial charge in [-0.1, -0.05) is 18.2 Å². The minimum Gasteiger partial charge on any atom is -0.334 e. The highest BCUT2D eigenvalue weighted by molar-refractivity contribution is 5.74.